The first kappa shape index (κ1) is 17.1. The van der Waals surface area contributed by atoms with Crippen molar-refractivity contribution in [3.63, 3.8) is 0 Å². The number of thiocarbonyl (C=S) groups is 1. The van der Waals surface area contributed by atoms with Crippen LogP contribution in [0.1, 0.15) is 29.3 Å². The zero-order valence-corrected chi connectivity index (χ0v) is 12.6. The highest BCUT2D eigenvalue weighted by atomic mass is 32.1. The van der Waals surface area contributed by atoms with E-state index in [1.807, 2.05) is 6.92 Å². The highest BCUT2D eigenvalue weighted by molar-refractivity contribution is 7.80. The predicted molar refractivity (Wildman–Crippen MR) is 83.2 cm³/mol. The number of carboxylic acids is 1. The molecule has 1 aromatic carbocycles. The van der Waals surface area contributed by atoms with Crippen molar-refractivity contribution in [2.45, 2.75) is 13.3 Å². The van der Waals surface area contributed by atoms with E-state index in [0.717, 1.165) is 12.0 Å². The summed E-state index contributed by atoms with van der Waals surface area (Å²) in [5, 5.41) is 18.0. The van der Waals surface area contributed by atoms with Crippen LogP contribution in [0.3, 0.4) is 0 Å². The van der Waals surface area contributed by atoms with Crippen molar-refractivity contribution in [2.24, 2.45) is 5.10 Å². The van der Waals surface area contributed by atoms with Crippen LogP contribution in [0.25, 0.3) is 0 Å². The zero-order chi connectivity index (χ0) is 15.5. The molecule has 0 atom stereocenters. The standard InChI is InChI=1S/C14H19N3O3S/c1-2-20-9-3-8-15-14(21)17-16-10-11-4-6-12(7-5-11)13(18)19/h4-7,10H,2-3,8-9H2,1H3,(H,18,19)(H2,15,17,21)/p-1/b16-10-. The third-order valence-electron chi connectivity index (χ3n) is 2.48. The van der Waals surface area contributed by atoms with Gasteiger partial charge >= 0.3 is 0 Å². The van der Waals surface area contributed by atoms with Gasteiger partial charge in [-0.2, -0.15) is 5.10 Å². The van der Waals surface area contributed by atoms with Crippen molar-refractivity contribution in [3.05, 3.63) is 35.4 Å². The molecule has 0 bridgehead atoms. The van der Waals surface area contributed by atoms with Gasteiger partial charge in [0.2, 0.25) is 0 Å². The maximum Gasteiger partial charge on any atom is 0.186 e. The molecular formula is C14H18N3O3S-. The van der Waals surface area contributed by atoms with Crippen molar-refractivity contribution < 1.29 is 14.6 Å². The van der Waals surface area contributed by atoms with Gasteiger partial charge < -0.3 is 20.0 Å². The van der Waals surface area contributed by atoms with Crippen LogP contribution in [0.15, 0.2) is 29.4 Å². The minimum absolute atomic E-state index is 0.131. The average Bonchev–Trinajstić information content (AvgIpc) is 2.47. The van der Waals surface area contributed by atoms with E-state index in [-0.39, 0.29) is 5.56 Å². The lowest BCUT2D eigenvalue weighted by molar-refractivity contribution is -0.255. The number of ether oxygens (including phenoxy) is 1. The molecule has 0 aliphatic rings. The summed E-state index contributed by atoms with van der Waals surface area (Å²) in [5.74, 6) is -1.20. The van der Waals surface area contributed by atoms with Crippen molar-refractivity contribution >= 4 is 29.5 Å². The minimum Gasteiger partial charge on any atom is -0.545 e. The summed E-state index contributed by atoms with van der Waals surface area (Å²) >= 11 is 5.04. The molecule has 0 unspecified atom stereocenters. The Morgan fingerprint density at radius 1 is 1.43 bits per heavy atom. The molecule has 1 aromatic rings. The SMILES string of the molecule is CCOCCCNC(=S)N/N=C\c1ccc(C(=O)[O-])cc1. The van der Waals surface area contributed by atoms with Crippen LogP contribution in [-0.2, 0) is 4.74 Å². The van der Waals surface area contributed by atoms with Gasteiger partial charge in [0.25, 0.3) is 0 Å². The summed E-state index contributed by atoms with van der Waals surface area (Å²) in [6, 6.07) is 6.19. The number of carboxylic acid groups (broad SMARTS) is 1. The Balaban J connectivity index is 2.27. The summed E-state index contributed by atoms with van der Waals surface area (Å²) in [6.07, 6.45) is 2.41. The molecule has 21 heavy (non-hydrogen) atoms. The molecule has 0 aliphatic carbocycles. The number of hydrazone groups is 1. The van der Waals surface area contributed by atoms with Crippen LogP contribution in [0.5, 0.6) is 0 Å². The van der Waals surface area contributed by atoms with Crippen molar-refractivity contribution in [3.8, 4) is 0 Å². The Kier molecular flexibility index (Phi) is 8.00. The largest absolute Gasteiger partial charge is 0.545 e. The molecule has 0 fully saturated rings. The number of carbonyl (C=O) groups excluding carboxylic acids is 1. The third kappa shape index (κ3) is 7.38. The van der Waals surface area contributed by atoms with Crippen molar-refractivity contribution in [1.82, 2.24) is 10.7 Å². The summed E-state index contributed by atoms with van der Waals surface area (Å²) in [4.78, 5) is 10.6. The van der Waals surface area contributed by atoms with E-state index in [1.54, 1.807) is 18.3 Å². The van der Waals surface area contributed by atoms with E-state index in [2.05, 4.69) is 15.8 Å². The van der Waals surface area contributed by atoms with Gasteiger partial charge in [-0.25, -0.2) is 0 Å². The molecule has 0 aliphatic heterocycles. The van der Waals surface area contributed by atoms with Gasteiger partial charge in [0, 0.05) is 19.8 Å². The molecule has 0 saturated heterocycles. The van der Waals surface area contributed by atoms with Gasteiger partial charge in [-0.1, -0.05) is 24.3 Å². The van der Waals surface area contributed by atoms with E-state index < -0.39 is 5.97 Å². The first-order valence-electron chi connectivity index (χ1n) is 6.59. The fourth-order valence-corrected chi connectivity index (χ4v) is 1.59. The Morgan fingerprint density at radius 2 is 2.14 bits per heavy atom. The Labute approximate surface area is 129 Å². The second kappa shape index (κ2) is 9.84. The molecule has 0 radical (unpaired) electrons. The molecule has 0 heterocycles. The predicted octanol–water partition coefficient (Wildman–Crippen LogP) is 0.275. The van der Waals surface area contributed by atoms with Crippen LogP contribution in [-0.4, -0.2) is 37.1 Å². The van der Waals surface area contributed by atoms with Gasteiger partial charge in [-0.05, 0) is 36.7 Å². The van der Waals surface area contributed by atoms with Crippen LogP contribution in [0.4, 0.5) is 0 Å². The van der Waals surface area contributed by atoms with E-state index in [4.69, 9.17) is 17.0 Å². The molecule has 1 rings (SSSR count). The van der Waals surface area contributed by atoms with E-state index in [1.165, 1.54) is 12.1 Å². The molecule has 0 aromatic heterocycles. The number of aromatic carboxylic acids is 1. The van der Waals surface area contributed by atoms with Crippen LogP contribution >= 0.6 is 12.2 Å². The monoisotopic (exact) mass is 308 g/mol. The lowest BCUT2D eigenvalue weighted by Crippen LogP contribution is -2.33. The van der Waals surface area contributed by atoms with Crippen molar-refractivity contribution in [2.75, 3.05) is 19.8 Å². The number of nitrogens with zero attached hydrogens (tertiary/aromatic N) is 1. The summed E-state index contributed by atoms with van der Waals surface area (Å²) in [5.41, 5.74) is 3.57. The first-order valence-corrected chi connectivity index (χ1v) is 7.00. The zero-order valence-electron chi connectivity index (χ0n) is 11.8. The molecule has 0 amide bonds. The topological polar surface area (TPSA) is 85.8 Å². The summed E-state index contributed by atoms with van der Waals surface area (Å²) in [6.45, 7) is 4.07. The van der Waals surface area contributed by atoms with E-state index in [0.29, 0.717) is 24.9 Å². The highest BCUT2D eigenvalue weighted by Crippen LogP contribution is 2.00. The molecule has 0 saturated carbocycles. The van der Waals surface area contributed by atoms with Gasteiger partial charge in [0.1, 0.15) is 0 Å². The summed E-state index contributed by atoms with van der Waals surface area (Å²) < 4.78 is 5.20. The first-order chi connectivity index (χ1) is 10.1. The fourth-order valence-electron chi connectivity index (χ4n) is 1.43. The quantitative estimate of drug-likeness (QED) is 0.310. The Bertz CT molecular complexity index is 489. The average molecular weight is 308 g/mol. The molecule has 114 valence electrons. The second-order valence-electron chi connectivity index (χ2n) is 4.09. The molecule has 6 nitrogen and oxygen atoms in total. The Hall–Kier alpha value is -1.99. The number of benzene rings is 1. The van der Waals surface area contributed by atoms with Crippen LogP contribution < -0.4 is 15.8 Å². The minimum atomic E-state index is -1.20. The molecular weight excluding hydrogens is 290 g/mol. The second-order valence-corrected chi connectivity index (χ2v) is 4.49. The van der Waals surface area contributed by atoms with Crippen LogP contribution in [0.2, 0.25) is 0 Å². The third-order valence-corrected chi connectivity index (χ3v) is 2.72. The molecule has 2 N–H and O–H groups in total. The molecule has 7 heteroatoms. The smallest absolute Gasteiger partial charge is 0.186 e. The van der Waals surface area contributed by atoms with Crippen molar-refractivity contribution in [1.29, 1.82) is 0 Å². The lowest BCUT2D eigenvalue weighted by Gasteiger charge is -2.06. The number of hydrogen-bond donors (Lipinski definition) is 2. The number of carbonyl (C=O) groups is 1. The van der Waals surface area contributed by atoms with E-state index in [9.17, 15) is 9.90 Å². The van der Waals surface area contributed by atoms with E-state index >= 15 is 0 Å². The lowest BCUT2D eigenvalue weighted by atomic mass is 10.1. The Morgan fingerprint density at radius 3 is 2.76 bits per heavy atom. The van der Waals surface area contributed by atoms with Gasteiger partial charge in [0.15, 0.2) is 5.11 Å². The van der Waals surface area contributed by atoms with Gasteiger partial charge in [-0.3, -0.25) is 5.43 Å². The fraction of sp³-hybridized carbons (Fsp3) is 0.357. The number of nitrogens with one attached hydrogen (secondary N) is 2. The maximum atomic E-state index is 10.6. The van der Waals surface area contributed by atoms with Gasteiger partial charge in [0.05, 0.1) is 12.2 Å². The normalized spacial score (nSPS) is 10.5. The summed E-state index contributed by atoms with van der Waals surface area (Å²) in [7, 11) is 0. The molecule has 0 spiro atoms. The highest BCUT2D eigenvalue weighted by Gasteiger charge is 1.94. The number of rotatable bonds is 8. The maximum absolute atomic E-state index is 10.6. The van der Waals surface area contributed by atoms with Gasteiger partial charge in [-0.15, -0.1) is 0 Å². The number of hydrogen-bond acceptors (Lipinski definition) is 5. The van der Waals surface area contributed by atoms with Crippen LogP contribution in [0, 0.1) is 0 Å².